The van der Waals surface area contributed by atoms with Crippen molar-refractivity contribution in [3.05, 3.63) is 57.0 Å². The summed E-state index contributed by atoms with van der Waals surface area (Å²) in [6, 6.07) is 6.98. The molecule has 1 amide bonds. The van der Waals surface area contributed by atoms with Crippen molar-refractivity contribution < 1.29 is 14.3 Å². The molecule has 0 bridgehead atoms. The third-order valence-corrected chi connectivity index (χ3v) is 6.10. The van der Waals surface area contributed by atoms with Crippen LogP contribution in [0.4, 0.5) is 11.5 Å². The van der Waals surface area contributed by atoms with Gasteiger partial charge < -0.3 is 24.7 Å². The first-order valence-corrected chi connectivity index (χ1v) is 10.8. The van der Waals surface area contributed by atoms with Crippen molar-refractivity contribution >= 4 is 28.3 Å². The van der Waals surface area contributed by atoms with Crippen LogP contribution in [0.1, 0.15) is 40.0 Å². The van der Waals surface area contributed by atoms with Crippen LogP contribution >= 0.6 is 0 Å². The molecule has 2 aliphatic rings. The topological polar surface area (TPSA) is 96.5 Å². The molecule has 2 aromatic heterocycles. The van der Waals surface area contributed by atoms with Crippen LogP contribution < -0.4 is 20.5 Å². The third kappa shape index (κ3) is 3.82. The van der Waals surface area contributed by atoms with Gasteiger partial charge in [-0.2, -0.15) is 0 Å². The first kappa shape index (κ1) is 20.5. The first-order valence-electron chi connectivity index (χ1n) is 10.8. The zero-order valence-corrected chi connectivity index (χ0v) is 18.4. The fourth-order valence-corrected chi connectivity index (χ4v) is 4.24. The second-order valence-electron chi connectivity index (χ2n) is 8.65. The van der Waals surface area contributed by atoms with Gasteiger partial charge in [0.25, 0.3) is 5.91 Å². The number of carbonyl (C=O) groups is 1. The van der Waals surface area contributed by atoms with E-state index in [4.69, 9.17) is 14.5 Å². The predicted octanol–water partition coefficient (Wildman–Crippen LogP) is 3.37. The van der Waals surface area contributed by atoms with E-state index in [2.05, 4.69) is 15.2 Å². The van der Waals surface area contributed by atoms with E-state index in [1.54, 1.807) is 6.07 Å². The van der Waals surface area contributed by atoms with Crippen LogP contribution in [0.2, 0.25) is 0 Å². The highest BCUT2D eigenvalue weighted by molar-refractivity contribution is 6.09. The van der Waals surface area contributed by atoms with Gasteiger partial charge in [-0.15, -0.1) is 0 Å². The van der Waals surface area contributed by atoms with E-state index in [-0.39, 0.29) is 11.5 Å². The van der Waals surface area contributed by atoms with Crippen LogP contribution in [0, 0.1) is 12.8 Å². The van der Waals surface area contributed by atoms with Gasteiger partial charge in [0.2, 0.25) is 5.56 Å². The summed E-state index contributed by atoms with van der Waals surface area (Å²) in [5.74, 6) is 1.59. The third-order valence-electron chi connectivity index (χ3n) is 6.10. The van der Waals surface area contributed by atoms with E-state index in [1.165, 1.54) is 26.0 Å². The quantitative estimate of drug-likeness (QED) is 0.618. The zero-order chi connectivity index (χ0) is 22.4. The number of aryl methyl sites for hydroxylation is 1. The van der Waals surface area contributed by atoms with E-state index in [0.29, 0.717) is 47.5 Å². The number of hydrogen-bond acceptors (Lipinski definition) is 6. The Hall–Kier alpha value is -3.39. The number of H-pyrrole nitrogens is 1. The number of ether oxygens (including phenoxy) is 2. The Kier molecular flexibility index (Phi) is 5.09. The van der Waals surface area contributed by atoms with Crippen LogP contribution in [0.3, 0.4) is 0 Å². The number of rotatable bonds is 6. The Morgan fingerprint density at radius 1 is 1.28 bits per heavy atom. The number of aromatic nitrogens is 2. The number of nitrogens with one attached hydrogen (secondary N) is 2. The van der Waals surface area contributed by atoms with Crippen LogP contribution in [-0.2, 0) is 18.0 Å². The van der Waals surface area contributed by atoms with Gasteiger partial charge in [0.1, 0.15) is 11.6 Å². The molecule has 1 aliphatic carbocycles. The van der Waals surface area contributed by atoms with Crippen molar-refractivity contribution in [2.75, 3.05) is 30.9 Å². The molecular weight excluding hydrogens is 408 g/mol. The van der Waals surface area contributed by atoms with Crippen LogP contribution in [0.5, 0.6) is 5.75 Å². The molecule has 0 saturated heterocycles. The number of benzene rings is 1. The second-order valence-corrected chi connectivity index (χ2v) is 8.65. The molecule has 5 rings (SSSR count). The molecule has 8 heteroatoms. The summed E-state index contributed by atoms with van der Waals surface area (Å²) in [7, 11) is 3.52. The minimum absolute atomic E-state index is 0.195. The molecule has 2 N–H and O–H groups in total. The largest absolute Gasteiger partial charge is 0.494 e. The van der Waals surface area contributed by atoms with E-state index in [9.17, 15) is 9.59 Å². The summed E-state index contributed by atoms with van der Waals surface area (Å²) < 4.78 is 11.0. The Morgan fingerprint density at radius 2 is 2.09 bits per heavy atom. The van der Waals surface area contributed by atoms with Crippen LogP contribution in [0.15, 0.2) is 29.1 Å². The van der Waals surface area contributed by atoms with Crippen molar-refractivity contribution in [1.82, 2.24) is 9.97 Å². The smallest absolute Gasteiger partial charge is 0.259 e. The normalized spacial score (nSPS) is 15.0. The molecule has 3 heterocycles. The molecule has 1 saturated carbocycles. The summed E-state index contributed by atoms with van der Waals surface area (Å²) >= 11 is 0. The van der Waals surface area contributed by atoms with E-state index >= 15 is 0 Å². The maximum absolute atomic E-state index is 13.4. The van der Waals surface area contributed by atoms with Crippen LogP contribution in [0.25, 0.3) is 10.9 Å². The van der Waals surface area contributed by atoms with Gasteiger partial charge >= 0.3 is 0 Å². The molecule has 0 unspecified atom stereocenters. The average molecular weight is 434 g/mol. The number of methoxy groups -OCH3 is 1. The molecule has 0 atom stereocenters. The van der Waals surface area contributed by atoms with E-state index in [1.807, 2.05) is 26.1 Å². The summed E-state index contributed by atoms with van der Waals surface area (Å²) in [6.07, 6.45) is 2.44. The minimum atomic E-state index is -0.242. The summed E-state index contributed by atoms with van der Waals surface area (Å²) in [6.45, 7) is 3.67. The molecule has 3 aromatic rings. The highest BCUT2D eigenvalue weighted by Crippen LogP contribution is 2.34. The Labute approximate surface area is 185 Å². The summed E-state index contributed by atoms with van der Waals surface area (Å²) in [5.41, 5.74) is 4.17. The molecule has 1 aromatic carbocycles. The lowest BCUT2D eigenvalue weighted by Crippen LogP contribution is -2.26. The number of anilines is 2. The first-order chi connectivity index (χ1) is 15.4. The molecule has 32 heavy (non-hydrogen) atoms. The fourth-order valence-electron chi connectivity index (χ4n) is 4.24. The van der Waals surface area contributed by atoms with Crippen LogP contribution in [-0.4, -0.2) is 36.6 Å². The number of nitrogens with zero attached hydrogens (tertiary/aromatic N) is 2. The maximum atomic E-state index is 13.4. The standard InChI is InChI=1S/C24H26N4O4/c1-13-6-21(29)27-22-17(13)8-16(9-20(22)31-3)25-24(30)18-7-15-11-32-12-19(15)26-23(18)28(2)10-14-4-5-14/h6-9,14H,4-5,10-12H2,1-3H3,(H,25,30)(H,27,29). The second kappa shape index (κ2) is 7.94. The van der Waals surface area contributed by atoms with Gasteiger partial charge in [0.05, 0.1) is 37.1 Å². The number of fused-ring (bicyclic) bond motifs is 2. The molecule has 166 valence electrons. The monoisotopic (exact) mass is 434 g/mol. The molecule has 0 radical (unpaired) electrons. The maximum Gasteiger partial charge on any atom is 0.259 e. The van der Waals surface area contributed by atoms with Crippen molar-refractivity contribution in [2.45, 2.75) is 33.0 Å². The molecular formula is C24H26N4O4. The highest BCUT2D eigenvalue weighted by Gasteiger charge is 2.27. The Morgan fingerprint density at radius 3 is 2.84 bits per heavy atom. The van der Waals surface area contributed by atoms with Crippen molar-refractivity contribution in [1.29, 1.82) is 0 Å². The van der Waals surface area contributed by atoms with E-state index in [0.717, 1.165) is 28.8 Å². The molecule has 0 spiro atoms. The molecule has 1 aliphatic heterocycles. The lowest BCUT2D eigenvalue weighted by molar-refractivity contribution is 0.102. The minimum Gasteiger partial charge on any atom is -0.494 e. The number of hydrogen-bond donors (Lipinski definition) is 2. The lowest BCUT2D eigenvalue weighted by Gasteiger charge is -2.22. The number of pyridine rings is 2. The van der Waals surface area contributed by atoms with Crippen molar-refractivity contribution in [3.8, 4) is 5.75 Å². The van der Waals surface area contributed by atoms with Gasteiger partial charge in [0.15, 0.2) is 0 Å². The number of aromatic amines is 1. The summed E-state index contributed by atoms with van der Waals surface area (Å²) in [5, 5.41) is 3.81. The van der Waals surface area contributed by atoms with Gasteiger partial charge in [-0.3, -0.25) is 9.59 Å². The number of amides is 1. The average Bonchev–Trinajstić information content (AvgIpc) is 3.45. The summed E-state index contributed by atoms with van der Waals surface area (Å²) in [4.78, 5) is 35.0. The fraction of sp³-hybridized carbons (Fsp3) is 0.375. The highest BCUT2D eigenvalue weighted by atomic mass is 16.5. The van der Waals surface area contributed by atoms with Crippen molar-refractivity contribution in [3.63, 3.8) is 0 Å². The molecule has 8 nitrogen and oxygen atoms in total. The number of carbonyl (C=O) groups excluding carboxylic acids is 1. The zero-order valence-electron chi connectivity index (χ0n) is 18.4. The van der Waals surface area contributed by atoms with Gasteiger partial charge in [-0.1, -0.05) is 0 Å². The lowest BCUT2D eigenvalue weighted by atomic mass is 10.1. The van der Waals surface area contributed by atoms with E-state index < -0.39 is 0 Å². The SMILES string of the molecule is COc1cc(NC(=O)c2cc3c(nc2N(C)CC2CC2)COC3)cc2c(C)cc(=O)[nH]c12. The Balaban J connectivity index is 1.52. The van der Waals surface area contributed by atoms with Gasteiger partial charge in [0, 0.05) is 42.4 Å². The van der Waals surface area contributed by atoms with Crippen molar-refractivity contribution in [2.24, 2.45) is 5.92 Å². The Bertz CT molecular complexity index is 1280. The van der Waals surface area contributed by atoms with Gasteiger partial charge in [-0.25, -0.2) is 4.98 Å². The molecule has 1 fully saturated rings. The van der Waals surface area contributed by atoms with Gasteiger partial charge in [-0.05, 0) is 43.4 Å². The predicted molar refractivity (Wildman–Crippen MR) is 123 cm³/mol.